The Morgan fingerprint density at radius 2 is 1.82 bits per heavy atom. The molecule has 0 unspecified atom stereocenters. The lowest BCUT2D eigenvalue weighted by Crippen LogP contribution is -2.29. The zero-order valence-corrected chi connectivity index (χ0v) is 16.2. The van der Waals surface area contributed by atoms with Gasteiger partial charge in [0, 0.05) is 24.3 Å². The van der Waals surface area contributed by atoms with E-state index in [4.69, 9.17) is 5.26 Å². The van der Waals surface area contributed by atoms with E-state index >= 15 is 0 Å². The van der Waals surface area contributed by atoms with Crippen molar-refractivity contribution < 1.29 is 9.59 Å². The van der Waals surface area contributed by atoms with E-state index in [-0.39, 0.29) is 11.9 Å². The molecule has 7 nitrogen and oxygen atoms in total. The lowest BCUT2D eigenvalue weighted by atomic mass is 10.1. The fraction of sp³-hybridized carbons (Fsp3) is 0.286. The molecular formula is C21H25N5O2. The highest BCUT2D eigenvalue weighted by Gasteiger charge is 2.07. The number of amides is 3. The molecule has 3 amide bonds. The van der Waals surface area contributed by atoms with Crippen molar-refractivity contribution in [3.63, 3.8) is 0 Å². The molecule has 0 saturated heterocycles. The second-order valence-electron chi connectivity index (χ2n) is 6.61. The van der Waals surface area contributed by atoms with E-state index in [0.717, 1.165) is 18.5 Å². The number of carbonyl (C=O) groups excluding carboxylic acids is 2. The van der Waals surface area contributed by atoms with Gasteiger partial charge in [0.05, 0.1) is 11.6 Å². The Kier molecular flexibility index (Phi) is 8.00. The van der Waals surface area contributed by atoms with Gasteiger partial charge in [0.25, 0.3) is 5.91 Å². The first-order valence-corrected chi connectivity index (χ1v) is 9.05. The predicted octanol–water partition coefficient (Wildman–Crippen LogP) is 2.56. The molecule has 0 heterocycles. The van der Waals surface area contributed by atoms with Crippen LogP contribution in [0.4, 0.5) is 10.5 Å². The van der Waals surface area contributed by atoms with E-state index in [2.05, 4.69) is 20.9 Å². The third kappa shape index (κ3) is 7.09. The van der Waals surface area contributed by atoms with Crippen LogP contribution in [-0.2, 0) is 6.54 Å². The van der Waals surface area contributed by atoms with Crippen molar-refractivity contribution in [3.8, 4) is 6.07 Å². The van der Waals surface area contributed by atoms with Crippen molar-refractivity contribution in [3.05, 3.63) is 65.2 Å². The predicted molar refractivity (Wildman–Crippen MR) is 109 cm³/mol. The Bertz CT molecular complexity index is 841. The van der Waals surface area contributed by atoms with Gasteiger partial charge >= 0.3 is 6.03 Å². The highest BCUT2D eigenvalue weighted by atomic mass is 16.2. The van der Waals surface area contributed by atoms with Gasteiger partial charge in [0.1, 0.15) is 0 Å². The topological polar surface area (TPSA) is 97.3 Å². The summed E-state index contributed by atoms with van der Waals surface area (Å²) in [6, 6.07) is 15.4. The van der Waals surface area contributed by atoms with Gasteiger partial charge in [-0.15, -0.1) is 0 Å². The molecule has 0 saturated carbocycles. The van der Waals surface area contributed by atoms with Gasteiger partial charge in [-0.3, -0.25) is 4.79 Å². The average molecular weight is 379 g/mol. The monoisotopic (exact) mass is 379 g/mol. The standard InChI is InChI=1S/C21H25N5O2/c1-26(2)12-4-11-23-20(27)18-6-3-5-17(13-18)15-24-21(28)25-19-9-7-16(14-22)8-10-19/h3,5-10,13H,4,11-12,15H2,1-2H3,(H,23,27)(H2,24,25,28). The van der Waals surface area contributed by atoms with Crippen molar-refractivity contribution in [2.45, 2.75) is 13.0 Å². The second kappa shape index (κ2) is 10.7. The van der Waals surface area contributed by atoms with E-state index in [1.807, 2.05) is 26.2 Å². The zero-order chi connectivity index (χ0) is 20.4. The minimum absolute atomic E-state index is 0.123. The molecule has 28 heavy (non-hydrogen) atoms. The van der Waals surface area contributed by atoms with Crippen LogP contribution in [0.3, 0.4) is 0 Å². The molecule has 0 bridgehead atoms. The third-order valence-corrected chi connectivity index (χ3v) is 3.98. The van der Waals surface area contributed by atoms with E-state index in [9.17, 15) is 9.59 Å². The van der Waals surface area contributed by atoms with E-state index in [1.54, 1.807) is 42.5 Å². The van der Waals surface area contributed by atoms with E-state index in [0.29, 0.717) is 29.9 Å². The summed E-state index contributed by atoms with van der Waals surface area (Å²) in [5.74, 6) is -0.123. The molecule has 0 atom stereocenters. The summed E-state index contributed by atoms with van der Waals surface area (Å²) in [5.41, 5.74) is 2.53. The maximum Gasteiger partial charge on any atom is 0.319 e. The van der Waals surface area contributed by atoms with Crippen LogP contribution in [-0.4, -0.2) is 44.0 Å². The van der Waals surface area contributed by atoms with Gasteiger partial charge in [0.15, 0.2) is 0 Å². The summed E-state index contributed by atoms with van der Waals surface area (Å²) in [5, 5.41) is 17.1. The number of rotatable bonds is 8. The van der Waals surface area contributed by atoms with E-state index < -0.39 is 0 Å². The Labute approximate surface area is 165 Å². The summed E-state index contributed by atoms with van der Waals surface area (Å²) in [7, 11) is 3.99. The maximum absolute atomic E-state index is 12.2. The first-order chi connectivity index (χ1) is 13.5. The fourth-order valence-electron chi connectivity index (χ4n) is 2.51. The normalized spacial score (nSPS) is 10.2. The number of carbonyl (C=O) groups is 2. The Hall–Kier alpha value is -3.37. The van der Waals surface area contributed by atoms with Crippen LogP contribution in [0.2, 0.25) is 0 Å². The number of benzene rings is 2. The molecule has 2 aromatic carbocycles. The Morgan fingerprint density at radius 1 is 1.07 bits per heavy atom. The molecule has 0 fully saturated rings. The molecule has 0 spiro atoms. The van der Waals surface area contributed by atoms with Crippen LogP contribution >= 0.6 is 0 Å². The molecule has 0 aromatic heterocycles. The molecule has 0 aliphatic carbocycles. The zero-order valence-electron chi connectivity index (χ0n) is 16.2. The first-order valence-electron chi connectivity index (χ1n) is 9.05. The molecule has 7 heteroatoms. The van der Waals surface area contributed by atoms with Gasteiger partial charge in [-0.05, 0) is 69.0 Å². The molecule has 2 rings (SSSR count). The van der Waals surface area contributed by atoms with Crippen molar-refractivity contribution in [2.24, 2.45) is 0 Å². The van der Waals surface area contributed by atoms with Crippen LogP contribution in [0.5, 0.6) is 0 Å². The molecule has 3 N–H and O–H groups in total. The number of nitriles is 1. The fourth-order valence-corrected chi connectivity index (χ4v) is 2.51. The molecule has 2 aromatic rings. The first kappa shape index (κ1) is 20.9. The number of nitrogens with one attached hydrogen (secondary N) is 3. The van der Waals surface area contributed by atoms with Gasteiger partial charge in [0.2, 0.25) is 0 Å². The summed E-state index contributed by atoms with van der Waals surface area (Å²) < 4.78 is 0. The number of hydrogen-bond donors (Lipinski definition) is 3. The number of anilines is 1. The van der Waals surface area contributed by atoms with Crippen molar-refractivity contribution in [1.82, 2.24) is 15.5 Å². The van der Waals surface area contributed by atoms with Crippen LogP contribution in [0.1, 0.15) is 27.9 Å². The minimum Gasteiger partial charge on any atom is -0.352 e. The summed E-state index contributed by atoms with van der Waals surface area (Å²) in [6.45, 7) is 1.83. The Morgan fingerprint density at radius 3 is 2.50 bits per heavy atom. The maximum atomic E-state index is 12.2. The molecule has 146 valence electrons. The summed E-state index contributed by atoms with van der Waals surface area (Å²) >= 11 is 0. The minimum atomic E-state index is -0.358. The molecular weight excluding hydrogens is 354 g/mol. The largest absolute Gasteiger partial charge is 0.352 e. The van der Waals surface area contributed by atoms with E-state index in [1.165, 1.54) is 0 Å². The summed E-state index contributed by atoms with van der Waals surface area (Å²) in [6.07, 6.45) is 0.884. The van der Waals surface area contributed by atoms with Gasteiger partial charge in [-0.1, -0.05) is 12.1 Å². The molecule has 0 aliphatic rings. The third-order valence-electron chi connectivity index (χ3n) is 3.98. The quantitative estimate of drug-likeness (QED) is 0.614. The summed E-state index contributed by atoms with van der Waals surface area (Å²) in [4.78, 5) is 26.3. The van der Waals surface area contributed by atoms with Gasteiger partial charge < -0.3 is 20.9 Å². The van der Waals surface area contributed by atoms with Crippen molar-refractivity contribution in [2.75, 3.05) is 32.5 Å². The number of hydrogen-bond acceptors (Lipinski definition) is 4. The smallest absolute Gasteiger partial charge is 0.319 e. The van der Waals surface area contributed by atoms with Crippen LogP contribution < -0.4 is 16.0 Å². The molecule has 0 aliphatic heterocycles. The number of nitrogens with zero attached hydrogens (tertiary/aromatic N) is 2. The molecule has 0 radical (unpaired) electrons. The second-order valence-corrected chi connectivity index (χ2v) is 6.61. The van der Waals surface area contributed by atoms with Crippen LogP contribution in [0, 0.1) is 11.3 Å². The Balaban J connectivity index is 1.82. The lowest BCUT2D eigenvalue weighted by Gasteiger charge is -2.11. The lowest BCUT2D eigenvalue weighted by molar-refractivity contribution is 0.0952. The van der Waals surface area contributed by atoms with Crippen molar-refractivity contribution in [1.29, 1.82) is 5.26 Å². The highest BCUT2D eigenvalue weighted by molar-refractivity contribution is 5.94. The number of urea groups is 1. The van der Waals surface area contributed by atoms with Crippen molar-refractivity contribution >= 4 is 17.6 Å². The van der Waals surface area contributed by atoms with Gasteiger partial charge in [-0.2, -0.15) is 5.26 Å². The van der Waals surface area contributed by atoms with Crippen LogP contribution in [0.25, 0.3) is 0 Å². The average Bonchev–Trinajstić information content (AvgIpc) is 2.70. The SMILES string of the molecule is CN(C)CCCNC(=O)c1cccc(CNC(=O)Nc2ccc(C#N)cc2)c1. The van der Waals surface area contributed by atoms with Crippen LogP contribution in [0.15, 0.2) is 48.5 Å². The van der Waals surface area contributed by atoms with Gasteiger partial charge in [-0.25, -0.2) is 4.79 Å². The highest BCUT2D eigenvalue weighted by Crippen LogP contribution is 2.09.